The third-order valence-electron chi connectivity index (χ3n) is 7.32. The van der Waals surface area contributed by atoms with E-state index in [1.165, 1.54) is 30.7 Å². The highest BCUT2D eigenvalue weighted by molar-refractivity contribution is 7.89. The predicted molar refractivity (Wildman–Crippen MR) is 187 cm³/mol. The van der Waals surface area contributed by atoms with Crippen LogP contribution in [0.3, 0.4) is 0 Å². The summed E-state index contributed by atoms with van der Waals surface area (Å²) in [5.74, 6) is 0.619. The number of sulfonamides is 1. The zero-order chi connectivity index (χ0) is 33.6. The Morgan fingerprint density at radius 3 is 1.98 bits per heavy atom. The summed E-state index contributed by atoms with van der Waals surface area (Å²) in [5.41, 5.74) is 3.13. The van der Waals surface area contributed by atoms with Crippen LogP contribution in [0.15, 0.2) is 121 Å². The summed E-state index contributed by atoms with van der Waals surface area (Å²) in [6.45, 7) is 4.35. The van der Waals surface area contributed by atoms with E-state index in [-0.39, 0.29) is 16.3 Å². The molecule has 0 spiro atoms. The van der Waals surface area contributed by atoms with E-state index in [0.29, 0.717) is 51.9 Å². The molecule has 5 rings (SSSR count). The molecule has 5 aromatic carbocycles. The first-order valence-corrected chi connectivity index (χ1v) is 16.6. The van der Waals surface area contributed by atoms with Crippen molar-refractivity contribution >= 4 is 67.5 Å². The molecule has 13 heteroatoms. The molecule has 0 atom stereocenters. The smallest absolute Gasteiger partial charge is 0.243 e. The van der Waals surface area contributed by atoms with E-state index >= 15 is 0 Å². The Bertz CT molecular complexity index is 2050. The van der Waals surface area contributed by atoms with Crippen LogP contribution in [0.5, 0.6) is 17.2 Å². The number of para-hydroxylation sites is 1. The van der Waals surface area contributed by atoms with Crippen LogP contribution in [-0.2, 0) is 10.0 Å². The Labute approximate surface area is 279 Å². The molecule has 5 aromatic rings. The van der Waals surface area contributed by atoms with Crippen molar-refractivity contribution in [3.8, 4) is 17.2 Å². The van der Waals surface area contributed by atoms with Gasteiger partial charge in [0.2, 0.25) is 10.0 Å². The van der Waals surface area contributed by atoms with Gasteiger partial charge in [-0.05, 0) is 66.0 Å². The number of aromatic hydroxyl groups is 1. The average Bonchev–Trinajstić information content (AvgIpc) is 3.08. The van der Waals surface area contributed by atoms with Crippen LogP contribution in [0.2, 0.25) is 0 Å². The lowest BCUT2D eigenvalue weighted by Crippen LogP contribution is -2.30. The minimum atomic E-state index is -3.58. The number of hydrogen-bond donors (Lipinski definition) is 3. The topological polar surface area (TPSA) is 138 Å². The third kappa shape index (κ3) is 7.38. The van der Waals surface area contributed by atoms with Crippen LogP contribution in [0.25, 0.3) is 10.8 Å². The second kappa shape index (κ2) is 14.6. The molecule has 0 aliphatic carbocycles. The maximum atomic E-state index is 12.8. The Morgan fingerprint density at radius 2 is 1.38 bits per heavy atom. The summed E-state index contributed by atoms with van der Waals surface area (Å²) in [6.07, 6.45) is 0. The Hall–Kier alpha value is -4.98. The lowest BCUT2D eigenvalue weighted by atomic mass is 10.1. The van der Waals surface area contributed by atoms with Crippen LogP contribution in [0, 0.1) is 0 Å². The number of benzene rings is 5. The van der Waals surface area contributed by atoms with Crippen LogP contribution < -0.4 is 14.8 Å². The van der Waals surface area contributed by atoms with Crippen molar-refractivity contribution in [3.05, 3.63) is 91.0 Å². The summed E-state index contributed by atoms with van der Waals surface area (Å²) in [5, 5.41) is 33.0. The van der Waals surface area contributed by atoms with Crippen molar-refractivity contribution in [1.29, 1.82) is 0 Å². The molecule has 0 heterocycles. The highest BCUT2D eigenvalue weighted by atomic mass is 32.2. The normalized spacial score (nSPS) is 12.0. The Kier molecular flexibility index (Phi) is 10.4. The molecule has 0 saturated heterocycles. The quantitative estimate of drug-likeness (QED) is 0.0893. The second-order valence-electron chi connectivity index (χ2n) is 10.2. The molecule has 0 amide bonds. The Balaban J connectivity index is 1.39. The number of ether oxygens (including phenoxy) is 2. The number of methoxy groups -OCH3 is 2. The van der Waals surface area contributed by atoms with Crippen molar-refractivity contribution < 1.29 is 23.0 Å². The second-order valence-corrected chi connectivity index (χ2v) is 12.6. The van der Waals surface area contributed by atoms with E-state index in [4.69, 9.17) is 9.47 Å². The molecular formula is C34H34N6O5S2. The van der Waals surface area contributed by atoms with Gasteiger partial charge in [0.1, 0.15) is 28.6 Å². The van der Waals surface area contributed by atoms with Crippen LogP contribution >= 0.6 is 12.6 Å². The third-order valence-corrected chi connectivity index (χ3v) is 9.72. The maximum Gasteiger partial charge on any atom is 0.243 e. The first kappa shape index (κ1) is 33.4. The lowest BCUT2D eigenvalue weighted by molar-refractivity contribution is 0.405. The maximum absolute atomic E-state index is 12.8. The molecule has 47 heavy (non-hydrogen) atoms. The molecule has 0 bridgehead atoms. The van der Waals surface area contributed by atoms with E-state index in [1.54, 1.807) is 38.1 Å². The van der Waals surface area contributed by atoms with E-state index in [0.717, 1.165) is 16.8 Å². The molecule has 11 nitrogen and oxygen atoms in total. The zero-order valence-corrected chi connectivity index (χ0v) is 28.0. The highest BCUT2D eigenvalue weighted by Crippen LogP contribution is 2.44. The van der Waals surface area contributed by atoms with Crippen molar-refractivity contribution in [1.82, 2.24) is 4.31 Å². The molecule has 0 unspecified atom stereocenters. The summed E-state index contributed by atoms with van der Waals surface area (Å²) in [4.78, 5) is 0.614. The average molecular weight is 671 g/mol. The van der Waals surface area contributed by atoms with Gasteiger partial charge in [-0.3, -0.25) is 0 Å². The summed E-state index contributed by atoms with van der Waals surface area (Å²) in [6, 6.07) is 26.6. The van der Waals surface area contributed by atoms with Gasteiger partial charge in [0, 0.05) is 46.9 Å². The van der Waals surface area contributed by atoms with Crippen LogP contribution in [-0.4, -0.2) is 45.1 Å². The molecule has 0 saturated carbocycles. The first-order chi connectivity index (χ1) is 22.7. The number of phenolic OH excluding ortho intramolecular Hbond substituents is 1. The molecular weight excluding hydrogens is 637 g/mol. The van der Waals surface area contributed by atoms with Gasteiger partial charge < -0.3 is 19.9 Å². The fraction of sp³-hybridized carbons (Fsp3) is 0.176. The summed E-state index contributed by atoms with van der Waals surface area (Å²) < 4.78 is 38.0. The minimum absolute atomic E-state index is 0.0604. The monoisotopic (exact) mass is 670 g/mol. The molecule has 2 N–H and O–H groups in total. The van der Waals surface area contributed by atoms with Crippen LogP contribution in [0.4, 0.5) is 34.1 Å². The predicted octanol–water partition coefficient (Wildman–Crippen LogP) is 9.46. The number of hydrogen-bond acceptors (Lipinski definition) is 11. The molecule has 0 aromatic heterocycles. The fourth-order valence-corrected chi connectivity index (χ4v) is 6.61. The van der Waals surface area contributed by atoms with E-state index in [2.05, 4.69) is 38.4 Å². The van der Waals surface area contributed by atoms with Gasteiger partial charge >= 0.3 is 0 Å². The van der Waals surface area contributed by atoms with E-state index in [1.807, 2.05) is 54.6 Å². The zero-order valence-electron chi connectivity index (χ0n) is 26.2. The van der Waals surface area contributed by atoms with Gasteiger partial charge in [0.05, 0.1) is 24.8 Å². The molecule has 0 aliphatic rings. The SMILES string of the molecule is CCN(CC)S(=O)(=O)c1ccc(/N=N/c2cc(OC)c(/N=N/c3c(S)cc4cc(Nc5ccccc5)ccc4c3O)cc2OC)cc1. The van der Waals surface area contributed by atoms with Gasteiger partial charge in [0.15, 0.2) is 5.75 Å². The van der Waals surface area contributed by atoms with E-state index < -0.39 is 10.0 Å². The summed E-state index contributed by atoms with van der Waals surface area (Å²) in [7, 11) is -0.618. The fourth-order valence-electron chi connectivity index (χ4n) is 4.86. The number of nitrogens with zero attached hydrogens (tertiary/aromatic N) is 5. The van der Waals surface area contributed by atoms with Crippen molar-refractivity contribution in [3.63, 3.8) is 0 Å². The van der Waals surface area contributed by atoms with Crippen LogP contribution in [0.1, 0.15) is 13.8 Å². The number of azo groups is 2. The number of phenols is 1. The molecule has 242 valence electrons. The number of fused-ring (bicyclic) bond motifs is 1. The number of nitrogens with one attached hydrogen (secondary N) is 1. The van der Waals surface area contributed by atoms with Gasteiger partial charge in [-0.1, -0.05) is 32.0 Å². The van der Waals surface area contributed by atoms with E-state index in [9.17, 15) is 13.5 Å². The lowest BCUT2D eigenvalue weighted by Gasteiger charge is -2.18. The number of anilines is 2. The van der Waals surface area contributed by atoms with Crippen molar-refractivity contribution in [2.75, 3.05) is 32.6 Å². The summed E-state index contributed by atoms with van der Waals surface area (Å²) >= 11 is 4.58. The van der Waals surface area contributed by atoms with Crippen molar-refractivity contribution in [2.45, 2.75) is 23.6 Å². The number of rotatable bonds is 12. The van der Waals surface area contributed by atoms with Gasteiger partial charge in [-0.15, -0.1) is 28.0 Å². The minimum Gasteiger partial charge on any atom is -0.505 e. The van der Waals surface area contributed by atoms with Gasteiger partial charge in [-0.2, -0.15) is 9.42 Å². The standard InChI is InChI=1S/C34H34N6O5S2/c1-5-40(6-2)47(42,43)26-15-12-24(13-16-26)36-37-28-20-31(45-4)29(21-30(28)44-3)38-39-33-32(46)19-22-18-25(14-17-27(22)34(33)41)35-23-10-8-7-9-11-23/h7-21,35,41,46H,5-6H2,1-4H3/b37-36+,39-38+. The molecule has 0 fully saturated rings. The largest absolute Gasteiger partial charge is 0.505 e. The number of thiol groups is 1. The first-order valence-electron chi connectivity index (χ1n) is 14.7. The molecule has 0 radical (unpaired) electrons. The van der Waals surface area contributed by atoms with Gasteiger partial charge in [-0.25, -0.2) is 8.42 Å². The van der Waals surface area contributed by atoms with Crippen molar-refractivity contribution in [2.24, 2.45) is 20.5 Å². The molecule has 0 aliphatic heterocycles. The van der Waals surface area contributed by atoms with Gasteiger partial charge in [0.25, 0.3) is 0 Å². The highest BCUT2D eigenvalue weighted by Gasteiger charge is 2.21. The Morgan fingerprint density at radius 1 is 0.766 bits per heavy atom.